The van der Waals surface area contributed by atoms with Crippen LogP contribution in [0.3, 0.4) is 0 Å². The van der Waals surface area contributed by atoms with Gasteiger partial charge in [0.2, 0.25) is 5.91 Å². The second-order valence-electron chi connectivity index (χ2n) is 7.84. The van der Waals surface area contributed by atoms with Gasteiger partial charge in [-0.25, -0.2) is 4.98 Å². The zero-order valence-electron chi connectivity index (χ0n) is 16.0. The minimum atomic E-state index is 0.109. The number of carbonyl (C=O) groups is 1. The van der Waals surface area contributed by atoms with Crippen LogP contribution in [0.2, 0.25) is 0 Å². The molecule has 3 heterocycles. The van der Waals surface area contributed by atoms with Crippen LogP contribution < -0.4 is 5.32 Å². The minimum Gasteiger partial charge on any atom is -0.334 e. The number of aryl methyl sites for hydroxylation is 1. The normalized spacial score (nSPS) is 20.8. The van der Waals surface area contributed by atoms with Gasteiger partial charge in [0.05, 0.1) is 11.7 Å². The molecule has 5 nitrogen and oxygen atoms in total. The van der Waals surface area contributed by atoms with Crippen LogP contribution in [0.4, 0.5) is 10.8 Å². The van der Waals surface area contributed by atoms with Gasteiger partial charge in [-0.05, 0) is 50.7 Å². The molecule has 6 heteroatoms. The summed E-state index contributed by atoms with van der Waals surface area (Å²) in [6.45, 7) is 2.88. The first-order valence-corrected chi connectivity index (χ1v) is 11.0. The van der Waals surface area contributed by atoms with Gasteiger partial charge in [0.25, 0.3) is 0 Å². The topological polar surface area (TPSA) is 58.1 Å². The Morgan fingerprint density at radius 3 is 2.85 bits per heavy atom. The van der Waals surface area contributed by atoms with Crippen LogP contribution in [0.15, 0.2) is 23.7 Å². The molecule has 1 saturated heterocycles. The van der Waals surface area contributed by atoms with Gasteiger partial charge in [-0.3, -0.25) is 9.78 Å². The van der Waals surface area contributed by atoms with E-state index in [0.29, 0.717) is 18.2 Å². The summed E-state index contributed by atoms with van der Waals surface area (Å²) in [6.07, 6.45) is 10.9. The Labute approximate surface area is 165 Å². The lowest BCUT2D eigenvalue weighted by molar-refractivity contribution is -0.133. The van der Waals surface area contributed by atoms with Crippen molar-refractivity contribution in [2.24, 2.45) is 5.92 Å². The highest BCUT2D eigenvalue weighted by Crippen LogP contribution is 2.35. The molecule has 0 radical (unpaired) electrons. The van der Waals surface area contributed by atoms with Crippen LogP contribution >= 0.6 is 11.3 Å². The summed E-state index contributed by atoms with van der Waals surface area (Å²) < 4.78 is 0. The number of carbonyl (C=O) groups excluding carboxylic acids is 1. The van der Waals surface area contributed by atoms with E-state index in [9.17, 15) is 4.79 Å². The molecule has 1 aliphatic heterocycles. The number of nitrogens with one attached hydrogen (secondary N) is 1. The van der Waals surface area contributed by atoms with Crippen molar-refractivity contribution in [2.75, 3.05) is 11.9 Å². The van der Waals surface area contributed by atoms with Crippen LogP contribution in [-0.4, -0.2) is 27.3 Å². The summed E-state index contributed by atoms with van der Waals surface area (Å²) in [5.41, 5.74) is 2.97. The number of anilines is 2. The van der Waals surface area contributed by atoms with Crippen molar-refractivity contribution in [3.05, 3.63) is 35.1 Å². The zero-order chi connectivity index (χ0) is 18.6. The van der Waals surface area contributed by atoms with E-state index in [1.54, 1.807) is 17.5 Å². The molecular formula is C21H28N4OS. The number of nitrogens with zero attached hydrogens (tertiary/aromatic N) is 3. The first kappa shape index (κ1) is 18.4. The molecule has 27 heavy (non-hydrogen) atoms. The molecule has 2 aromatic rings. The Hall–Kier alpha value is -1.95. The Morgan fingerprint density at radius 2 is 2.07 bits per heavy atom. The van der Waals surface area contributed by atoms with Gasteiger partial charge in [0, 0.05) is 35.9 Å². The van der Waals surface area contributed by atoms with Crippen LogP contribution in [0.5, 0.6) is 0 Å². The van der Waals surface area contributed by atoms with E-state index in [2.05, 4.69) is 21.3 Å². The van der Waals surface area contributed by atoms with Crippen molar-refractivity contribution < 1.29 is 4.79 Å². The second kappa shape index (κ2) is 8.38. The third-order valence-electron chi connectivity index (χ3n) is 5.76. The standard InChI is InChI=1S/C21H28N4OS/c1-15-12-17(24-21-22-9-11-27-21)14-18(23-15)19-8-5-10-25(19)20(26)13-16-6-3-2-4-7-16/h9,11-12,14,16,19H,2-8,10,13H2,1H3,(H,22,23,24)/t19-/m1/s1. The highest BCUT2D eigenvalue weighted by molar-refractivity contribution is 7.13. The van der Waals surface area contributed by atoms with Crippen LogP contribution in [0.25, 0.3) is 0 Å². The maximum atomic E-state index is 13.0. The molecule has 1 N–H and O–H groups in total. The van der Waals surface area contributed by atoms with Crippen molar-refractivity contribution in [3.63, 3.8) is 0 Å². The highest BCUT2D eigenvalue weighted by atomic mass is 32.1. The Kier molecular flexibility index (Phi) is 5.72. The number of amides is 1. The van der Waals surface area contributed by atoms with Gasteiger partial charge < -0.3 is 10.2 Å². The van der Waals surface area contributed by atoms with Crippen LogP contribution in [-0.2, 0) is 4.79 Å². The van der Waals surface area contributed by atoms with E-state index < -0.39 is 0 Å². The molecule has 1 saturated carbocycles. The SMILES string of the molecule is Cc1cc(Nc2nccs2)cc([C@H]2CCCN2C(=O)CC2CCCCC2)n1. The van der Waals surface area contributed by atoms with Gasteiger partial charge >= 0.3 is 0 Å². The molecule has 0 bridgehead atoms. The summed E-state index contributed by atoms with van der Waals surface area (Å²) in [7, 11) is 0. The number of likely N-dealkylation sites (tertiary alicyclic amines) is 1. The van der Waals surface area contributed by atoms with Gasteiger partial charge in [0.15, 0.2) is 5.13 Å². The molecule has 0 unspecified atom stereocenters. The van der Waals surface area contributed by atoms with E-state index in [-0.39, 0.29) is 6.04 Å². The Balaban J connectivity index is 1.49. The molecule has 4 rings (SSSR count). The summed E-state index contributed by atoms with van der Waals surface area (Å²) in [5.74, 6) is 0.905. The lowest BCUT2D eigenvalue weighted by Gasteiger charge is -2.28. The maximum absolute atomic E-state index is 13.0. The summed E-state index contributed by atoms with van der Waals surface area (Å²) in [5, 5.41) is 6.20. The Bertz CT molecular complexity index is 770. The van der Waals surface area contributed by atoms with E-state index in [1.807, 2.05) is 18.4 Å². The van der Waals surface area contributed by atoms with Gasteiger partial charge in [-0.15, -0.1) is 11.3 Å². The number of rotatable bonds is 5. The van der Waals surface area contributed by atoms with Gasteiger partial charge in [-0.2, -0.15) is 0 Å². The number of hydrogen-bond donors (Lipinski definition) is 1. The fraction of sp³-hybridized carbons (Fsp3) is 0.571. The van der Waals surface area contributed by atoms with E-state index in [1.165, 1.54) is 32.1 Å². The quantitative estimate of drug-likeness (QED) is 0.767. The van der Waals surface area contributed by atoms with Crippen LogP contribution in [0, 0.1) is 12.8 Å². The fourth-order valence-electron chi connectivity index (χ4n) is 4.47. The van der Waals surface area contributed by atoms with E-state index >= 15 is 0 Å². The molecule has 1 aliphatic carbocycles. The third kappa shape index (κ3) is 4.49. The van der Waals surface area contributed by atoms with E-state index in [0.717, 1.165) is 41.6 Å². The van der Waals surface area contributed by atoms with Crippen molar-refractivity contribution in [3.8, 4) is 0 Å². The zero-order valence-corrected chi connectivity index (χ0v) is 16.8. The smallest absolute Gasteiger partial charge is 0.223 e. The lowest BCUT2D eigenvalue weighted by Crippen LogP contribution is -2.32. The highest BCUT2D eigenvalue weighted by Gasteiger charge is 2.32. The second-order valence-corrected chi connectivity index (χ2v) is 8.73. The predicted molar refractivity (Wildman–Crippen MR) is 109 cm³/mol. The first-order chi connectivity index (χ1) is 13.2. The lowest BCUT2D eigenvalue weighted by atomic mass is 9.86. The average molecular weight is 385 g/mol. The van der Waals surface area contributed by atoms with Crippen molar-refractivity contribution >= 4 is 28.1 Å². The molecule has 0 spiro atoms. The number of thiazole rings is 1. The summed E-state index contributed by atoms with van der Waals surface area (Å²) in [6, 6.07) is 4.23. The fourth-order valence-corrected chi connectivity index (χ4v) is 5.02. The number of pyridine rings is 1. The van der Waals surface area contributed by atoms with Crippen molar-refractivity contribution in [1.29, 1.82) is 0 Å². The van der Waals surface area contributed by atoms with Gasteiger partial charge in [-0.1, -0.05) is 19.3 Å². The van der Waals surface area contributed by atoms with E-state index in [4.69, 9.17) is 4.98 Å². The molecular weight excluding hydrogens is 356 g/mol. The molecule has 2 aromatic heterocycles. The molecule has 1 atom stereocenters. The molecule has 1 amide bonds. The van der Waals surface area contributed by atoms with Crippen molar-refractivity contribution in [2.45, 2.75) is 64.3 Å². The number of aromatic nitrogens is 2. The molecule has 2 fully saturated rings. The predicted octanol–water partition coefficient (Wildman–Crippen LogP) is 5.22. The maximum Gasteiger partial charge on any atom is 0.223 e. The van der Waals surface area contributed by atoms with Crippen molar-refractivity contribution in [1.82, 2.24) is 14.9 Å². The minimum absolute atomic E-state index is 0.109. The summed E-state index contributed by atoms with van der Waals surface area (Å²) in [4.78, 5) is 24.2. The monoisotopic (exact) mass is 384 g/mol. The molecule has 0 aromatic carbocycles. The molecule has 2 aliphatic rings. The first-order valence-electron chi connectivity index (χ1n) is 10.1. The third-order valence-corrected chi connectivity index (χ3v) is 6.45. The van der Waals surface area contributed by atoms with Gasteiger partial charge in [0.1, 0.15) is 0 Å². The number of hydrogen-bond acceptors (Lipinski definition) is 5. The Morgan fingerprint density at radius 1 is 1.22 bits per heavy atom. The molecule has 144 valence electrons. The van der Waals surface area contributed by atoms with Crippen LogP contribution in [0.1, 0.15) is 68.8 Å². The summed E-state index contributed by atoms with van der Waals surface area (Å²) >= 11 is 1.58. The average Bonchev–Trinajstić information content (AvgIpc) is 3.34. The largest absolute Gasteiger partial charge is 0.334 e.